The minimum absolute atomic E-state index is 0.749. The van der Waals surface area contributed by atoms with Crippen molar-refractivity contribution in [1.82, 2.24) is 10.2 Å². The molecule has 1 N–H and O–H groups in total. The average Bonchev–Trinajstić information content (AvgIpc) is 2.29. The summed E-state index contributed by atoms with van der Waals surface area (Å²) in [4.78, 5) is 2.47. The van der Waals surface area contributed by atoms with Gasteiger partial charge in [-0.15, -0.1) is 0 Å². The van der Waals surface area contributed by atoms with E-state index >= 15 is 0 Å². The first kappa shape index (κ1) is 6.62. The Hall–Kier alpha value is -0.0800. The van der Waals surface area contributed by atoms with Gasteiger partial charge in [0, 0.05) is 24.7 Å². The molecule has 10 heavy (non-hydrogen) atoms. The summed E-state index contributed by atoms with van der Waals surface area (Å²) in [6, 6.07) is 2.33. The predicted octanol–water partition coefficient (Wildman–Crippen LogP) is 0.441. The van der Waals surface area contributed by atoms with Crippen molar-refractivity contribution in [3.63, 3.8) is 0 Å². The maximum Gasteiger partial charge on any atom is 0.0224 e. The summed E-state index contributed by atoms with van der Waals surface area (Å²) in [7, 11) is 2.23. The normalized spacial score (nSPS) is 48.0. The molecule has 2 nitrogen and oxygen atoms in total. The van der Waals surface area contributed by atoms with E-state index in [1.165, 1.54) is 19.4 Å². The molecule has 0 aromatic rings. The van der Waals surface area contributed by atoms with Crippen LogP contribution in [0.15, 0.2) is 0 Å². The molecule has 0 aliphatic carbocycles. The van der Waals surface area contributed by atoms with Gasteiger partial charge in [0.05, 0.1) is 0 Å². The summed E-state index contributed by atoms with van der Waals surface area (Å²) in [5.41, 5.74) is 0. The van der Waals surface area contributed by atoms with Gasteiger partial charge in [-0.3, -0.25) is 0 Å². The van der Waals surface area contributed by atoms with Gasteiger partial charge in [0.25, 0.3) is 0 Å². The van der Waals surface area contributed by atoms with Crippen LogP contribution in [-0.2, 0) is 0 Å². The van der Waals surface area contributed by atoms with Crippen molar-refractivity contribution in [3.05, 3.63) is 0 Å². The fraction of sp³-hybridized carbons (Fsp3) is 1.00. The van der Waals surface area contributed by atoms with E-state index in [1.54, 1.807) is 0 Å². The van der Waals surface area contributed by atoms with Crippen molar-refractivity contribution in [2.24, 2.45) is 0 Å². The lowest BCUT2D eigenvalue weighted by molar-refractivity contribution is 0.165. The quantitative estimate of drug-likeness (QED) is 0.525. The van der Waals surface area contributed by atoms with Crippen molar-refractivity contribution in [2.45, 2.75) is 37.9 Å². The molecule has 2 bridgehead atoms. The van der Waals surface area contributed by atoms with E-state index in [2.05, 4.69) is 24.2 Å². The van der Waals surface area contributed by atoms with Crippen LogP contribution in [0.2, 0.25) is 0 Å². The zero-order valence-corrected chi connectivity index (χ0v) is 6.80. The van der Waals surface area contributed by atoms with Gasteiger partial charge in [-0.1, -0.05) is 0 Å². The van der Waals surface area contributed by atoms with Gasteiger partial charge < -0.3 is 10.2 Å². The molecule has 2 heteroatoms. The van der Waals surface area contributed by atoms with Crippen LogP contribution in [-0.4, -0.2) is 36.6 Å². The number of likely N-dealkylation sites (N-methyl/N-ethyl adjacent to an activating group) is 1. The number of fused-ring (bicyclic) bond motifs is 2. The largest absolute Gasteiger partial charge is 0.308 e. The average molecular weight is 140 g/mol. The highest BCUT2D eigenvalue weighted by atomic mass is 15.2. The fourth-order valence-corrected chi connectivity index (χ4v) is 2.20. The van der Waals surface area contributed by atoms with Gasteiger partial charge in [0.15, 0.2) is 0 Å². The Labute approximate surface area is 62.6 Å². The molecule has 2 fully saturated rings. The smallest absolute Gasteiger partial charge is 0.0224 e. The number of likely N-dealkylation sites (tertiary alicyclic amines) is 1. The van der Waals surface area contributed by atoms with Crippen LogP contribution < -0.4 is 5.32 Å². The molecule has 0 aromatic carbocycles. The van der Waals surface area contributed by atoms with Crippen LogP contribution in [0, 0.1) is 0 Å². The van der Waals surface area contributed by atoms with Crippen molar-refractivity contribution in [2.75, 3.05) is 13.6 Å². The van der Waals surface area contributed by atoms with E-state index in [9.17, 15) is 0 Å². The maximum atomic E-state index is 3.63. The molecule has 2 aliphatic heterocycles. The minimum atomic E-state index is 0.749. The van der Waals surface area contributed by atoms with Crippen LogP contribution in [0.5, 0.6) is 0 Å². The number of nitrogens with zero attached hydrogens (tertiary/aromatic N) is 1. The second-order valence-electron chi connectivity index (χ2n) is 3.73. The van der Waals surface area contributed by atoms with Gasteiger partial charge in [-0.05, 0) is 26.8 Å². The molecule has 0 spiro atoms. The topological polar surface area (TPSA) is 15.3 Å². The zero-order chi connectivity index (χ0) is 7.14. The Bertz CT molecular complexity index is 135. The monoisotopic (exact) mass is 140 g/mol. The standard InChI is InChI=1S/C8H16N2/c1-6-8-4-3-7(9-8)5-10(6)2/h6-9H,3-5H2,1-2H3/t6-,7+,8-/m1/s1. The first-order valence-electron chi connectivity index (χ1n) is 4.23. The second-order valence-corrected chi connectivity index (χ2v) is 3.73. The van der Waals surface area contributed by atoms with Crippen LogP contribution in [0.25, 0.3) is 0 Å². The van der Waals surface area contributed by atoms with Gasteiger partial charge in [0.1, 0.15) is 0 Å². The predicted molar refractivity (Wildman–Crippen MR) is 42.0 cm³/mol. The zero-order valence-electron chi connectivity index (χ0n) is 6.80. The van der Waals surface area contributed by atoms with E-state index < -0.39 is 0 Å². The van der Waals surface area contributed by atoms with Crippen molar-refractivity contribution < 1.29 is 0 Å². The molecule has 0 aromatic heterocycles. The van der Waals surface area contributed by atoms with Crippen LogP contribution in [0.1, 0.15) is 19.8 Å². The van der Waals surface area contributed by atoms with Crippen molar-refractivity contribution in [3.8, 4) is 0 Å². The van der Waals surface area contributed by atoms with E-state index in [1.807, 2.05) is 0 Å². The lowest BCUT2D eigenvalue weighted by Gasteiger charge is -2.36. The number of rotatable bonds is 0. The molecule has 2 rings (SSSR count). The molecule has 0 saturated carbocycles. The first-order valence-corrected chi connectivity index (χ1v) is 4.23. The Morgan fingerprint density at radius 1 is 1.40 bits per heavy atom. The molecule has 58 valence electrons. The lowest BCUT2D eigenvalue weighted by Crippen LogP contribution is -2.54. The Balaban J connectivity index is 2.09. The SMILES string of the molecule is C[C@@H]1[C@H]2CC[C@@H](CN1C)N2. The highest BCUT2D eigenvalue weighted by Gasteiger charge is 2.35. The number of nitrogens with one attached hydrogen (secondary N) is 1. The third kappa shape index (κ3) is 0.867. The van der Waals surface area contributed by atoms with Gasteiger partial charge >= 0.3 is 0 Å². The molecular formula is C8H16N2. The molecule has 0 radical (unpaired) electrons. The summed E-state index contributed by atoms with van der Waals surface area (Å²) in [6.45, 7) is 3.57. The van der Waals surface area contributed by atoms with Gasteiger partial charge in [-0.2, -0.15) is 0 Å². The summed E-state index contributed by atoms with van der Waals surface area (Å²) < 4.78 is 0. The maximum absolute atomic E-state index is 3.63. The van der Waals surface area contributed by atoms with Crippen molar-refractivity contribution >= 4 is 0 Å². The van der Waals surface area contributed by atoms with E-state index in [0.717, 1.165) is 18.1 Å². The summed E-state index contributed by atoms with van der Waals surface area (Å²) in [5, 5.41) is 3.63. The highest BCUT2D eigenvalue weighted by molar-refractivity contribution is 4.96. The van der Waals surface area contributed by atoms with E-state index in [0.29, 0.717) is 0 Å². The minimum Gasteiger partial charge on any atom is -0.308 e. The lowest BCUT2D eigenvalue weighted by atomic mass is 10.1. The second kappa shape index (κ2) is 2.21. The summed E-state index contributed by atoms with van der Waals surface area (Å²) in [5.74, 6) is 0. The Morgan fingerprint density at radius 3 is 3.00 bits per heavy atom. The number of hydrogen-bond donors (Lipinski definition) is 1. The van der Waals surface area contributed by atoms with Crippen molar-refractivity contribution in [1.29, 1.82) is 0 Å². The molecule has 2 aliphatic rings. The fourth-order valence-electron chi connectivity index (χ4n) is 2.20. The van der Waals surface area contributed by atoms with Crippen LogP contribution in [0.4, 0.5) is 0 Å². The Kier molecular flexibility index (Phi) is 1.46. The number of hydrogen-bond acceptors (Lipinski definition) is 2. The molecular weight excluding hydrogens is 124 g/mol. The third-order valence-corrected chi connectivity index (χ3v) is 3.06. The van der Waals surface area contributed by atoms with Gasteiger partial charge in [-0.25, -0.2) is 0 Å². The van der Waals surface area contributed by atoms with Crippen LogP contribution in [0.3, 0.4) is 0 Å². The number of piperazine rings is 1. The molecule has 0 unspecified atom stereocenters. The summed E-state index contributed by atoms with van der Waals surface area (Å²) >= 11 is 0. The van der Waals surface area contributed by atoms with E-state index in [4.69, 9.17) is 0 Å². The van der Waals surface area contributed by atoms with Gasteiger partial charge in [0.2, 0.25) is 0 Å². The molecule has 0 amide bonds. The third-order valence-electron chi connectivity index (χ3n) is 3.06. The summed E-state index contributed by atoms with van der Waals surface area (Å²) in [6.07, 6.45) is 2.77. The molecule has 3 atom stereocenters. The first-order chi connectivity index (χ1) is 4.77. The highest BCUT2D eigenvalue weighted by Crippen LogP contribution is 2.23. The molecule has 2 heterocycles. The molecule has 2 saturated heterocycles. The van der Waals surface area contributed by atoms with Crippen LogP contribution >= 0.6 is 0 Å². The van der Waals surface area contributed by atoms with E-state index in [-0.39, 0.29) is 0 Å². The Morgan fingerprint density at radius 2 is 2.20 bits per heavy atom.